The average Bonchev–Trinajstić information content (AvgIpc) is 0.722. The van der Waals surface area contributed by atoms with Crippen molar-refractivity contribution >= 4 is 83.5 Å². The predicted octanol–water partition coefficient (Wildman–Crippen LogP) is 4.19. The van der Waals surface area contributed by atoms with Crippen LogP contribution in [0.3, 0.4) is 0 Å². The summed E-state index contributed by atoms with van der Waals surface area (Å²) in [5.74, 6) is 0. The first-order valence-corrected chi connectivity index (χ1v) is 12.4. The number of rotatable bonds is 0. The minimum atomic E-state index is -0.287. The molecule has 0 aromatic carbocycles. The van der Waals surface area contributed by atoms with Gasteiger partial charge in [-0.3, -0.25) is 0 Å². The van der Waals surface area contributed by atoms with Crippen molar-refractivity contribution in [3.63, 3.8) is 0 Å². The van der Waals surface area contributed by atoms with Gasteiger partial charge >= 0.3 is 0 Å². The van der Waals surface area contributed by atoms with Gasteiger partial charge in [0.05, 0.1) is 0 Å². The standard InChI is InChI=1S/I4S/c1-5(2,3)4. The molecule has 0 N–H and O–H groups in total. The molecular weight excluding hydrogens is 540 g/mol. The summed E-state index contributed by atoms with van der Waals surface area (Å²) in [7, 11) is 0. The molecule has 0 rings (SSSR count). The molecule has 0 aliphatic heterocycles. The summed E-state index contributed by atoms with van der Waals surface area (Å²) in [5, 5.41) is 0. The lowest BCUT2D eigenvalue weighted by Gasteiger charge is -2.01. The molecule has 0 saturated carbocycles. The maximum Gasteiger partial charge on any atom is 0.00566 e. The monoisotopic (exact) mass is 540 g/mol. The normalized spacial score (nSPS) is 15.2. The summed E-state index contributed by atoms with van der Waals surface area (Å²) in [4.78, 5) is 0. The quantitative estimate of drug-likeness (QED) is 0.405. The molecule has 0 aromatic rings. The van der Waals surface area contributed by atoms with Crippen LogP contribution in [0.2, 0.25) is 0 Å². The van der Waals surface area contributed by atoms with Crippen molar-refractivity contribution in [3.05, 3.63) is 0 Å². The zero-order chi connectivity index (χ0) is 4.50. The summed E-state index contributed by atoms with van der Waals surface area (Å²) in [6, 6.07) is 0. The minimum Gasteiger partial charge on any atom is -0.0226 e. The molecule has 0 saturated heterocycles. The fourth-order valence-electron chi connectivity index (χ4n) is 0. The van der Waals surface area contributed by atoms with Gasteiger partial charge in [0.1, 0.15) is 0 Å². The Morgan fingerprint density at radius 2 is 0.800 bits per heavy atom. The zero-order valence-corrected chi connectivity index (χ0v) is 11.4. The maximum absolute atomic E-state index is 2.42. The first-order chi connectivity index (χ1) is 2.00. The lowest BCUT2D eigenvalue weighted by atomic mass is 32.0. The molecule has 0 radical (unpaired) electrons. The van der Waals surface area contributed by atoms with Crippen molar-refractivity contribution in [2.45, 2.75) is 0 Å². The van der Waals surface area contributed by atoms with E-state index in [0.717, 1.165) is 0 Å². The van der Waals surface area contributed by atoms with Gasteiger partial charge in [-0.15, -0.1) is 0 Å². The van der Waals surface area contributed by atoms with Gasteiger partial charge < -0.3 is 0 Å². The lowest BCUT2D eigenvalue weighted by molar-refractivity contribution is 7.02. The fraction of sp³-hybridized carbons (Fsp3) is 0. The second kappa shape index (κ2) is 3.33. The minimum absolute atomic E-state index is 0.287. The Bertz CT molecular complexity index is 19.1. The van der Waals surface area contributed by atoms with Gasteiger partial charge in [-0.25, -0.2) is 0 Å². The van der Waals surface area contributed by atoms with Crippen molar-refractivity contribution in [2.75, 3.05) is 0 Å². The van der Waals surface area contributed by atoms with Gasteiger partial charge in [0.2, 0.25) is 0 Å². The number of hydrogen-bond acceptors (Lipinski definition) is 0. The summed E-state index contributed by atoms with van der Waals surface area (Å²) >= 11 is 9.68. The summed E-state index contributed by atoms with van der Waals surface area (Å²) in [5.41, 5.74) is 0. The van der Waals surface area contributed by atoms with Crippen LogP contribution < -0.4 is 0 Å². The van der Waals surface area contributed by atoms with E-state index < -0.39 is 0 Å². The van der Waals surface area contributed by atoms with Crippen LogP contribution in [0.5, 0.6) is 0 Å². The predicted molar refractivity (Wildman–Crippen MR) is 63.7 cm³/mol. The van der Waals surface area contributed by atoms with Crippen molar-refractivity contribution in [3.8, 4) is 0 Å². The number of hydrogen-bond donors (Lipinski definition) is 0. The molecule has 0 spiro atoms. The van der Waals surface area contributed by atoms with Crippen LogP contribution in [-0.2, 0) is 0 Å². The van der Waals surface area contributed by atoms with Gasteiger partial charge in [0.15, 0.2) is 0 Å². The van der Waals surface area contributed by atoms with E-state index in [-0.39, 0.29) is -1.29 Å². The van der Waals surface area contributed by atoms with Crippen molar-refractivity contribution < 1.29 is 0 Å². The molecule has 0 fully saturated rings. The molecule has 0 bridgehead atoms. The van der Waals surface area contributed by atoms with E-state index in [0.29, 0.717) is 0 Å². The van der Waals surface area contributed by atoms with E-state index in [1.54, 1.807) is 0 Å². The Balaban J connectivity index is 3.02. The molecule has 0 aliphatic rings. The largest absolute Gasteiger partial charge is 0.0226 e. The van der Waals surface area contributed by atoms with Gasteiger partial charge in [-0.05, 0) is -1.29 Å². The van der Waals surface area contributed by atoms with Gasteiger partial charge in [0, 0.05) is 84.8 Å². The Morgan fingerprint density at radius 3 is 0.800 bits per heavy atom. The first-order valence-electron chi connectivity index (χ1n) is 0.617. The second-order valence-electron chi connectivity index (χ2n) is 0.350. The Morgan fingerprint density at radius 1 is 0.800 bits per heavy atom. The molecule has 0 aliphatic carbocycles. The molecule has 34 valence electrons. The molecule has 0 atom stereocenters. The van der Waals surface area contributed by atoms with E-state index >= 15 is 0 Å². The third-order valence-corrected chi connectivity index (χ3v) is 0. The highest BCUT2D eigenvalue weighted by Crippen LogP contribution is 2.77. The van der Waals surface area contributed by atoms with Crippen molar-refractivity contribution in [1.82, 2.24) is 0 Å². The Kier molecular flexibility index (Phi) is 5.50. The molecule has 5 heteroatoms. The number of halogens is 4. The molecule has 5 heavy (non-hydrogen) atoms. The van der Waals surface area contributed by atoms with Gasteiger partial charge in [0.25, 0.3) is 0 Å². The van der Waals surface area contributed by atoms with E-state index in [4.69, 9.17) is 0 Å². The van der Waals surface area contributed by atoms with Gasteiger partial charge in [-0.1, -0.05) is 0 Å². The van der Waals surface area contributed by atoms with E-state index in [1.165, 1.54) is 0 Å². The topological polar surface area (TPSA) is 0 Å². The SMILES string of the molecule is IS(I)(I)I. The highest BCUT2D eigenvalue weighted by molar-refractivity contribution is 14.6. The molecule has 0 amide bonds. The average molecular weight is 540 g/mol. The van der Waals surface area contributed by atoms with Crippen LogP contribution in [0, 0.1) is 0 Å². The molecule has 0 nitrogen and oxygen atoms in total. The highest BCUT2D eigenvalue weighted by Gasteiger charge is 1.99. The zero-order valence-electron chi connectivity index (χ0n) is 1.92. The maximum atomic E-state index is 2.42. The fourth-order valence-corrected chi connectivity index (χ4v) is 0. The van der Waals surface area contributed by atoms with Crippen molar-refractivity contribution in [1.29, 1.82) is 0 Å². The van der Waals surface area contributed by atoms with Crippen LogP contribution in [0.4, 0.5) is 0 Å². The molecule has 0 unspecified atom stereocenters. The van der Waals surface area contributed by atoms with E-state index in [1.807, 2.05) is 0 Å². The molecule has 0 aromatic heterocycles. The van der Waals surface area contributed by atoms with Crippen molar-refractivity contribution in [2.24, 2.45) is 0 Å². The van der Waals surface area contributed by atoms with Crippen LogP contribution in [0.25, 0.3) is 0 Å². The van der Waals surface area contributed by atoms with E-state index in [2.05, 4.69) is 84.8 Å². The second-order valence-corrected chi connectivity index (χ2v) is 47.2. The Labute approximate surface area is 81.3 Å². The van der Waals surface area contributed by atoms with Gasteiger partial charge in [-0.2, -0.15) is 0 Å². The van der Waals surface area contributed by atoms with Crippen LogP contribution in [0.15, 0.2) is 0 Å². The molecular formula is I4S. The summed E-state index contributed by atoms with van der Waals surface area (Å²) in [6.45, 7) is 0. The smallest absolute Gasteiger partial charge is 0.00566 e. The highest BCUT2D eigenvalue weighted by atomic mass is 127. The summed E-state index contributed by atoms with van der Waals surface area (Å²) < 4.78 is -0.287. The van der Waals surface area contributed by atoms with Crippen LogP contribution in [-0.4, -0.2) is 0 Å². The Hall–Kier alpha value is 3.27. The summed E-state index contributed by atoms with van der Waals surface area (Å²) in [6.07, 6.45) is 0. The van der Waals surface area contributed by atoms with Crippen LogP contribution >= 0.6 is 83.5 Å². The molecule has 0 heterocycles. The van der Waals surface area contributed by atoms with E-state index in [9.17, 15) is 0 Å². The third-order valence-electron chi connectivity index (χ3n) is 0. The third kappa shape index (κ3) is 18.9. The first kappa shape index (κ1) is 8.27. The van der Waals surface area contributed by atoms with Crippen LogP contribution in [0.1, 0.15) is 0 Å². The lowest BCUT2D eigenvalue weighted by Crippen LogP contribution is -1.24.